The third-order valence-corrected chi connectivity index (χ3v) is 2.42. The molecule has 1 atom stereocenters. The number of nitrogens with one attached hydrogen (secondary N) is 1. The number of anilines is 1. The van der Waals surface area contributed by atoms with E-state index in [1.54, 1.807) is 0 Å². The molecule has 2 heterocycles. The SMILES string of the molecule is O=C(O)c1cc(NCC2CCCO2)ncn1. The Morgan fingerprint density at radius 1 is 1.62 bits per heavy atom. The second-order valence-electron chi connectivity index (χ2n) is 3.61. The molecule has 6 nitrogen and oxygen atoms in total. The van der Waals surface area contributed by atoms with Gasteiger partial charge in [-0.25, -0.2) is 14.8 Å². The van der Waals surface area contributed by atoms with Gasteiger partial charge in [0.05, 0.1) is 6.10 Å². The molecular weight excluding hydrogens is 210 g/mol. The second-order valence-corrected chi connectivity index (χ2v) is 3.61. The van der Waals surface area contributed by atoms with Crippen molar-refractivity contribution in [1.82, 2.24) is 9.97 Å². The van der Waals surface area contributed by atoms with Crippen LogP contribution in [0.4, 0.5) is 5.82 Å². The van der Waals surface area contributed by atoms with Crippen molar-refractivity contribution < 1.29 is 14.6 Å². The van der Waals surface area contributed by atoms with Crippen LogP contribution in [-0.4, -0.2) is 40.3 Å². The Bertz CT molecular complexity index is 377. The smallest absolute Gasteiger partial charge is 0.354 e. The Hall–Kier alpha value is -1.69. The number of carbonyl (C=O) groups is 1. The van der Waals surface area contributed by atoms with E-state index in [1.165, 1.54) is 12.4 Å². The Balaban J connectivity index is 1.93. The van der Waals surface area contributed by atoms with E-state index in [0.29, 0.717) is 12.4 Å². The molecule has 0 saturated carbocycles. The van der Waals surface area contributed by atoms with Gasteiger partial charge in [0.2, 0.25) is 0 Å². The van der Waals surface area contributed by atoms with Crippen molar-refractivity contribution in [3.63, 3.8) is 0 Å². The average molecular weight is 223 g/mol. The lowest BCUT2D eigenvalue weighted by Gasteiger charge is -2.10. The first-order chi connectivity index (χ1) is 7.75. The first-order valence-electron chi connectivity index (χ1n) is 5.16. The molecule has 0 aliphatic carbocycles. The molecule has 1 aliphatic heterocycles. The van der Waals surface area contributed by atoms with Gasteiger partial charge in [-0.2, -0.15) is 0 Å². The van der Waals surface area contributed by atoms with Crippen molar-refractivity contribution in [2.75, 3.05) is 18.5 Å². The highest BCUT2D eigenvalue weighted by atomic mass is 16.5. The fourth-order valence-electron chi connectivity index (χ4n) is 1.59. The van der Waals surface area contributed by atoms with Gasteiger partial charge < -0.3 is 15.2 Å². The number of ether oxygens (including phenoxy) is 1. The van der Waals surface area contributed by atoms with Crippen LogP contribution < -0.4 is 5.32 Å². The maximum Gasteiger partial charge on any atom is 0.354 e. The number of nitrogens with zero attached hydrogens (tertiary/aromatic N) is 2. The summed E-state index contributed by atoms with van der Waals surface area (Å²) in [5.74, 6) is -0.537. The molecule has 1 aromatic rings. The Morgan fingerprint density at radius 2 is 2.50 bits per heavy atom. The lowest BCUT2D eigenvalue weighted by molar-refractivity contribution is 0.0690. The molecule has 16 heavy (non-hydrogen) atoms. The molecule has 1 aliphatic rings. The highest BCUT2D eigenvalue weighted by molar-refractivity contribution is 5.85. The van der Waals surface area contributed by atoms with E-state index in [4.69, 9.17) is 9.84 Å². The molecule has 0 spiro atoms. The van der Waals surface area contributed by atoms with Crippen molar-refractivity contribution in [3.05, 3.63) is 18.1 Å². The molecule has 1 aromatic heterocycles. The molecule has 0 aromatic carbocycles. The summed E-state index contributed by atoms with van der Waals surface area (Å²) >= 11 is 0. The zero-order valence-electron chi connectivity index (χ0n) is 8.72. The summed E-state index contributed by atoms with van der Waals surface area (Å²) in [5.41, 5.74) is -0.00941. The molecular formula is C10H13N3O3. The number of hydrogen-bond acceptors (Lipinski definition) is 5. The largest absolute Gasteiger partial charge is 0.477 e. The molecule has 86 valence electrons. The first-order valence-corrected chi connectivity index (χ1v) is 5.16. The predicted octanol–water partition coefficient (Wildman–Crippen LogP) is 0.766. The summed E-state index contributed by atoms with van der Waals surface area (Å²) < 4.78 is 5.43. The minimum Gasteiger partial charge on any atom is -0.477 e. The van der Waals surface area contributed by atoms with E-state index in [-0.39, 0.29) is 11.8 Å². The van der Waals surface area contributed by atoms with Crippen LogP contribution in [0.5, 0.6) is 0 Å². The summed E-state index contributed by atoms with van der Waals surface area (Å²) in [4.78, 5) is 18.2. The van der Waals surface area contributed by atoms with Crippen LogP contribution >= 0.6 is 0 Å². The van der Waals surface area contributed by atoms with Gasteiger partial charge in [-0.1, -0.05) is 0 Å². The van der Waals surface area contributed by atoms with Crippen molar-refractivity contribution in [1.29, 1.82) is 0 Å². The third-order valence-electron chi connectivity index (χ3n) is 2.42. The standard InChI is InChI=1S/C10H13N3O3/c14-10(15)8-4-9(13-6-12-8)11-5-7-2-1-3-16-7/h4,6-7H,1-3,5H2,(H,14,15)(H,11,12,13). The van der Waals surface area contributed by atoms with Crippen LogP contribution in [0, 0.1) is 0 Å². The molecule has 0 radical (unpaired) electrons. The molecule has 6 heteroatoms. The first kappa shape index (κ1) is 10.8. The Kier molecular flexibility index (Phi) is 3.31. The topological polar surface area (TPSA) is 84.3 Å². The third kappa shape index (κ3) is 2.66. The van der Waals surface area contributed by atoms with Gasteiger partial charge in [0.1, 0.15) is 12.1 Å². The number of aromatic nitrogens is 2. The monoisotopic (exact) mass is 223 g/mol. The number of hydrogen-bond donors (Lipinski definition) is 2. The van der Waals surface area contributed by atoms with Crippen LogP contribution in [0.1, 0.15) is 23.3 Å². The van der Waals surface area contributed by atoms with Gasteiger partial charge in [0.15, 0.2) is 5.69 Å². The van der Waals surface area contributed by atoms with Gasteiger partial charge in [0, 0.05) is 19.2 Å². The van der Waals surface area contributed by atoms with E-state index in [2.05, 4.69) is 15.3 Å². The van der Waals surface area contributed by atoms with Crippen molar-refractivity contribution >= 4 is 11.8 Å². The molecule has 1 unspecified atom stereocenters. The molecule has 1 saturated heterocycles. The maximum atomic E-state index is 10.7. The maximum absolute atomic E-state index is 10.7. The van der Waals surface area contributed by atoms with Gasteiger partial charge in [-0.15, -0.1) is 0 Å². The molecule has 2 rings (SSSR count). The van der Waals surface area contributed by atoms with Crippen LogP contribution in [-0.2, 0) is 4.74 Å². The Morgan fingerprint density at radius 3 is 3.19 bits per heavy atom. The van der Waals surface area contributed by atoms with Gasteiger partial charge in [-0.05, 0) is 12.8 Å². The minimum absolute atomic E-state index is 0.00941. The van der Waals surface area contributed by atoms with Crippen LogP contribution in [0.3, 0.4) is 0 Å². The van der Waals surface area contributed by atoms with Crippen LogP contribution in [0.2, 0.25) is 0 Å². The van der Waals surface area contributed by atoms with E-state index in [0.717, 1.165) is 19.4 Å². The van der Waals surface area contributed by atoms with E-state index >= 15 is 0 Å². The minimum atomic E-state index is -1.05. The second kappa shape index (κ2) is 4.89. The fraction of sp³-hybridized carbons (Fsp3) is 0.500. The summed E-state index contributed by atoms with van der Waals surface area (Å²) in [6.07, 6.45) is 3.55. The molecule has 1 fully saturated rings. The fourth-order valence-corrected chi connectivity index (χ4v) is 1.59. The van der Waals surface area contributed by atoms with Crippen molar-refractivity contribution in [2.24, 2.45) is 0 Å². The highest BCUT2D eigenvalue weighted by Crippen LogP contribution is 2.12. The van der Waals surface area contributed by atoms with Crippen LogP contribution in [0.25, 0.3) is 0 Å². The Labute approximate surface area is 92.7 Å². The number of rotatable bonds is 4. The van der Waals surface area contributed by atoms with Gasteiger partial charge in [0.25, 0.3) is 0 Å². The molecule has 0 amide bonds. The quantitative estimate of drug-likeness (QED) is 0.784. The predicted molar refractivity (Wildman–Crippen MR) is 56.5 cm³/mol. The van der Waals surface area contributed by atoms with Gasteiger partial charge >= 0.3 is 5.97 Å². The zero-order chi connectivity index (χ0) is 11.4. The molecule has 0 bridgehead atoms. The van der Waals surface area contributed by atoms with E-state index in [1.807, 2.05) is 0 Å². The normalized spacial score (nSPS) is 19.6. The lowest BCUT2D eigenvalue weighted by atomic mass is 10.2. The molecule has 2 N–H and O–H groups in total. The van der Waals surface area contributed by atoms with E-state index < -0.39 is 5.97 Å². The van der Waals surface area contributed by atoms with Crippen molar-refractivity contribution in [3.8, 4) is 0 Å². The highest BCUT2D eigenvalue weighted by Gasteiger charge is 2.15. The number of aromatic carboxylic acids is 1. The lowest BCUT2D eigenvalue weighted by Crippen LogP contribution is -2.19. The summed E-state index contributed by atoms with van der Waals surface area (Å²) in [6, 6.07) is 1.41. The number of carboxylic acid groups (broad SMARTS) is 1. The number of carboxylic acids is 1. The summed E-state index contributed by atoms with van der Waals surface area (Å²) in [5, 5.41) is 11.8. The van der Waals surface area contributed by atoms with Crippen LogP contribution in [0.15, 0.2) is 12.4 Å². The van der Waals surface area contributed by atoms with Crippen molar-refractivity contribution in [2.45, 2.75) is 18.9 Å². The van der Waals surface area contributed by atoms with Gasteiger partial charge in [-0.3, -0.25) is 0 Å². The summed E-state index contributed by atoms with van der Waals surface area (Å²) in [7, 11) is 0. The summed E-state index contributed by atoms with van der Waals surface area (Å²) in [6.45, 7) is 1.45. The zero-order valence-corrected chi connectivity index (χ0v) is 8.72. The average Bonchev–Trinajstić information content (AvgIpc) is 2.79. The van der Waals surface area contributed by atoms with E-state index in [9.17, 15) is 4.79 Å².